The van der Waals surface area contributed by atoms with Crippen molar-refractivity contribution < 1.29 is 32.9 Å². The van der Waals surface area contributed by atoms with Crippen LogP contribution in [0.25, 0.3) is 0 Å². The minimum atomic E-state index is -0.822. The number of ether oxygens (including phenoxy) is 2. The van der Waals surface area contributed by atoms with Gasteiger partial charge in [0.15, 0.2) is 40.3 Å². The monoisotopic (exact) mass is 499 g/mol. The highest BCUT2D eigenvalue weighted by atomic mass is 19.1. The normalized spacial score (nSPS) is 10.4. The van der Waals surface area contributed by atoms with Gasteiger partial charge in [0.1, 0.15) is 11.6 Å². The molecular formula is C26H24F3N3O4. The standard InChI is InChI=1S/C13H11F2NO2.C13H13FN2O2/c2*1-2-8-6-10(17)12(7-9(8)14)18-11-4-3-5-16-13(11)15/h3-7,17H,2H2,1H3;3-7,17H,2H2,1H3,(H2,15,16). The highest BCUT2D eigenvalue weighted by molar-refractivity contribution is 5.51. The van der Waals surface area contributed by atoms with Crippen LogP contribution in [0.3, 0.4) is 0 Å². The fourth-order valence-corrected chi connectivity index (χ4v) is 3.05. The van der Waals surface area contributed by atoms with E-state index in [9.17, 15) is 23.4 Å². The molecule has 0 radical (unpaired) electrons. The largest absolute Gasteiger partial charge is 0.504 e. The Bertz CT molecular complexity index is 1250. The molecule has 0 spiro atoms. The molecule has 4 N–H and O–H groups in total. The number of benzene rings is 2. The second kappa shape index (κ2) is 11.8. The van der Waals surface area contributed by atoms with Crippen molar-refractivity contribution in [3.63, 3.8) is 0 Å². The van der Waals surface area contributed by atoms with Crippen LogP contribution in [0.1, 0.15) is 25.0 Å². The maximum absolute atomic E-state index is 13.6. The topological polar surface area (TPSA) is 111 Å². The molecule has 0 atom stereocenters. The third-order valence-electron chi connectivity index (χ3n) is 4.98. The zero-order chi connectivity index (χ0) is 26.2. The highest BCUT2D eigenvalue weighted by Gasteiger charge is 2.13. The Kier molecular flexibility index (Phi) is 8.56. The van der Waals surface area contributed by atoms with Gasteiger partial charge in [0.25, 0.3) is 5.95 Å². The molecule has 0 saturated heterocycles. The van der Waals surface area contributed by atoms with E-state index in [1.54, 1.807) is 26.0 Å². The van der Waals surface area contributed by atoms with Crippen molar-refractivity contribution in [2.45, 2.75) is 26.7 Å². The smallest absolute Gasteiger partial charge is 0.255 e. The quantitative estimate of drug-likeness (QED) is 0.268. The number of aromatic nitrogens is 2. The lowest BCUT2D eigenvalue weighted by Crippen LogP contribution is -1.96. The van der Waals surface area contributed by atoms with Crippen LogP contribution >= 0.6 is 0 Å². The molecule has 0 fully saturated rings. The number of anilines is 1. The van der Waals surface area contributed by atoms with Crippen LogP contribution in [-0.4, -0.2) is 20.2 Å². The Morgan fingerprint density at radius 2 is 1.19 bits per heavy atom. The third kappa shape index (κ3) is 6.35. The molecule has 2 aromatic heterocycles. The molecule has 0 aliphatic rings. The van der Waals surface area contributed by atoms with E-state index in [4.69, 9.17) is 15.2 Å². The molecule has 10 heteroatoms. The lowest BCUT2D eigenvalue weighted by atomic mass is 10.1. The predicted octanol–water partition coefficient (Wildman–Crippen LogP) is 6.28. The molecule has 36 heavy (non-hydrogen) atoms. The van der Waals surface area contributed by atoms with Crippen LogP contribution in [0.4, 0.5) is 19.0 Å². The number of hydrogen-bond acceptors (Lipinski definition) is 7. The first-order chi connectivity index (χ1) is 17.2. The van der Waals surface area contributed by atoms with E-state index >= 15 is 0 Å². The minimum absolute atomic E-state index is 0.0180. The zero-order valence-electron chi connectivity index (χ0n) is 19.5. The average molecular weight is 499 g/mol. The molecule has 0 bridgehead atoms. The van der Waals surface area contributed by atoms with E-state index in [0.29, 0.717) is 24.0 Å². The van der Waals surface area contributed by atoms with E-state index in [2.05, 4.69) is 9.97 Å². The van der Waals surface area contributed by atoms with Crippen LogP contribution < -0.4 is 15.2 Å². The molecular weight excluding hydrogens is 475 g/mol. The van der Waals surface area contributed by atoms with E-state index in [0.717, 1.165) is 12.1 Å². The minimum Gasteiger partial charge on any atom is -0.504 e. The summed E-state index contributed by atoms with van der Waals surface area (Å²) in [5.74, 6) is -1.96. The van der Waals surface area contributed by atoms with Gasteiger partial charge in [0.2, 0.25) is 0 Å². The van der Waals surface area contributed by atoms with Gasteiger partial charge in [0, 0.05) is 24.5 Å². The van der Waals surface area contributed by atoms with Gasteiger partial charge in [0.05, 0.1) is 0 Å². The Balaban J connectivity index is 0.000000201. The van der Waals surface area contributed by atoms with Crippen LogP contribution in [-0.2, 0) is 12.8 Å². The molecule has 2 aromatic carbocycles. The summed E-state index contributed by atoms with van der Waals surface area (Å²) in [6.45, 7) is 3.57. The first-order valence-corrected chi connectivity index (χ1v) is 10.9. The summed E-state index contributed by atoms with van der Waals surface area (Å²) in [4.78, 5) is 7.23. The van der Waals surface area contributed by atoms with Crippen LogP contribution in [0.15, 0.2) is 60.9 Å². The maximum atomic E-state index is 13.6. The van der Waals surface area contributed by atoms with Crippen molar-refractivity contribution in [1.82, 2.24) is 9.97 Å². The van der Waals surface area contributed by atoms with Crippen LogP contribution in [0, 0.1) is 17.6 Å². The van der Waals surface area contributed by atoms with Gasteiger partial charge >= 0.3 is 0 Å². The Morgan fingerprint density at radius 1 is 0.722 bits per heavy atom. The number of aryl methyl sites for hydroxylation is 2. The molecule has 0 aliphatic heterocycles. The molecule has 4 aromatic rings. The van der Waals surface area contributed by atoms with Crippen molar-refractivity contribution in [3.8, 4) is 34.5 Å². The predicted molar refractivity (Wildman–Crippen MR) is 128 cm³/mol. The molecule has 7 nitrogen and oxygen atoms in total. The number of phenolic OH excluding ortho intramolecular Hbond substituents is 2. The summed E-state index contributed by atoms with van der Waals surface area (Å²) in [6, 6.07) is 10.8. The Hall–Kier alpha value is -4.47. The first-order valence-electron chi connectivity index (χ1n) is 10.9. The number of aromatic hydroxyl groups is 2. The number of hydrogen-bond donors (Lipinski definition) is 3. The second-order valence-electron chi connectivity index (χ2n) is 7.41. The summed E-state index contributed by atoms with van der Waals surface area (Å²) in [5, 5.41) is 19.4. The molecule has 0 aliphatic carbocycles. The maximum Gasteiger partial charge on any atom is 0.255 e. The fraction of sp³-hybridized carbons (Fsp3) is 0.154. The molecule has 4 rings (SSSR count). The lowest BCUT2D eigenvalue weighted by Gasteiger charge is -2.10. The van der Waals surface area contributed by atoms with E-state index in [1.165, 1.54) is 36.7 Å². The first kappa shape index (κ1) is 26.1. The van der Waals surface area contributed by atoms with Gasteiger partial charge in [-0.05, 0) is 60.4 Å². The van der Waals surface area contributed by atoms with Crippen LogP contribution in [0.2, 0.25) is 0 Å². The summed E-state index contributed by atoms with van der Waals surface area (Å²) >= 11 is 0. The molecule has 2 heterocycles. The van der Waals surface area contributed by atoms with Crippen molar-refractivity contribution in [3.05, 3.63) is 89.6 Å². The van der Waals surface area contributed by atoms with Gasteiger partial charge in [-0.3, -0.25) is 0 Å². The number of rotatable bonds is 6. The van der Waals surface area contributed by atoms with Crippen molar-refractivity contribution >= 4 is 5.82 Å². The molecule has 0 unspecified atom stereocenters. The average Bonchev–Trinajstić information content (AvgIpc) is 2.86. The second-order valence-corrected chi connectivity index (χ2v) is 7.41. The number of halogens is 3. The summed E-state index contributed by atoms with van der Waals surface area (Å²) in [7, 11) is 0. The summed E-state index contributed by atoms with van der Waals surface area (Å²) < 4.78 is 50.8. The van der Waals surface area contributed by atoms with E-state index in [-0.39, 0.29) is 40.3 Å². The molecule has 0 amide bonds. The van der Waals surface area contributed by atoms with Crippen molar-refractivity contribution in [2.75, 3.05) is 5.73 Å². The van der Waals surface area contributed by atoms with E-state index in [1.807, 2.05) is 0 Å². The van der Waals surface area contributed by atoms with Crippen molar-refractivity contribution in [2.24, 2.45) is 0 Å². The van der Waals surface area contributed by atoms with Crippen molar-refractivity contribution in [1.29, 1.82) is 0 Å². The lowest BCUT2D eigenvalue weighted by molar-refractivity contribution is 0.386. The van der Waals surface area contributed by atoms with Gasteiger partial charge in [-0.1, -0.05) is 13.8 Å². The summed E-state index contributed by atoms with van der Waals surface area (Å²) in [6.07, 6.45) is 3.72. The fourth-order valence-electron chi connectivity index (χ4n) is 3.05. The van der Waals surface area contributed by atoms with Gasteiger partial charge in [-0.25, -0.2) is 18.7 Å². The highest BCUT2D eigenvalue weighted by Crippen LogP contribution is 2.35. The number of nitrogens with zero attached hydrogens (tertiary/aromatic N) is 2. The SMILES string of the molecule is CCc1cc(O)c(Oc2cccnc2F)cc1F.CCc1cc(O)c(Oc2cccnc2N)cc1F. The number of nitrogens with two attached hydrogens (primary N) is 1. The third-order valence-corrected chi connectivity index (χ3v) is 4.98. The molecule has 188 valence electrons. The van der Waals surface area contributed by atoms with Gasteiger partial charge < -0.3 is 25.4 Å². The van der Waals surface area contributed by atoms with Crippen LogP contribution in [0.5, 0.6) is 34.5 Å². The van der Waals surface area contributed by atoms with Gasteiger partial charge in [-0.15, -0.1) is 0 Å². The summed E-state index contributed by atoms with van der Waals surface area (Å²) in [5.41, 5.74) is 6.40. The zero-order valence-corrected chi connectivity index (χ0v) is 19.5. The Morgan fingerprint density at radius 3 is 1.67 bits per heavy atom. The van der Waals surface area contributed by atoms with E-state index < -0.39 is 17.6 Å². The number of pyridine rings is 2. The number of nitrogen functional groups attached to an aromatic ring is 1. The molecule has 0 saturated carbocycles. The van der Waals surface area contributed by atoms with Gasteiger partial charge in [-0.2, -0.15) is 4.39 Å². The Labute approximate surface area is 205 Å². The number of phenols is 2.